The second-order valence-corrected chi connectivity index (χ2v) is 9.94. The summed E-state index contributed by atoms with van der Waals surface area (Å²) in [5.41, 5.74) is -3.82. The lowest BCUT2D eigenvalue weighted by Gasteiger charge is -2.26. The van der Waals surface area contributed by atoms with E-state index in [1.54, 1.807) is 0 Å². The number of hydrogen-bond acceptors (Lipinski definition) is 0. The molecule has 0 bridgehead atoms. The van der Waals surface area contributed by atoms with Gasteiger partial charge in [0.25, 0.3) is 0 Å². The molecule has 0 fully saturated rings. The summed E-state index contributed by atoms with van der Waals surface area (Å²) in [6, 6.07) is 8.56. The Morgan fingerprint density at radius 2 is 0.688 bits per heavy atom. The number of rotatable bonds is 3. The first-order valence-corrected chi connectivity index (χ1v) is 10.7. The van der Waals surface area contributed by atoms with Gasteiger partial charge in [0.1, 0.15) is 0 Å². The molecular formula is C21H12F10Si. The van der Waals surface area contributed by atoms with Gasteiger partial charge in [-0.05, 0) is 33.8 Å². The molecule has 0 aliphatic heterocycles. The van der Waals surface area contributed by atoms with Crippen LogP contribution in [0.15, 0.2) is 72.8 Å². The maximum absolute atomic E-state index is 16.7. The first kappa shape index (κ1) is 23.8. The molecule has 0 spiro atoms. The Morgan fingerprint density at radius 3 is 0.906 bits per heavy atom. The average Bonchev–Trinajstić information content (AvgIpc) is 2.71. The maximum atomic E-state index is 16.7. The largest absolute Gasteiger partial charge is 0.416 e. The molecule has 0 unspecified atom stereocenters. The van der Waals surface area contributed by atoms with Crippen LogP contribution >= 0.6 is 0 Å². The van der Waals surface area contributed by atoms with Crippen LogP contribution in [-0.4, -0.2) is 8.41 Å². The number of halogens is 10. The maximum Gasteiger partial charge on any atom is 0.416 e. The van der Waals surface area contributed by atoms with Crippen LogP contribution in [0.2, 0.25) is 0 Å². The topological polar surface area (TPSA) is 0 Å². The van der Waals surface area contributed by atoms with E-state index >= 15 is 4.11 Å². The predicted octanol–water partition coefficient (Wildman–Crippen LogP) is 5.68. The van der Waals surface area contributed by atoms with Crippen molar-refractivity contribution in [3.63, 3.8) is 0 Å². The first-order valence-electron chi connectivity index (χ1n) is 8.85. The van der Waals surface area contributed by atoms with E-state index in [0.29, 0.717) is 36.4 Å². The Morgan fingerprint density at radius 1 is 0.438 bits per heavy atom. The second kappa shape index (κ2) is 7.95. The third-order valence-corrected chi connectivity index (χ3v) is 8.08. The zero-order valence-corrected chi connectivity index (χ0v) is 16.7. The highest BCUT2D eigenvalue weighted by atomic mass is 28.4. The van der Waals surface area contributed by atoms with Crippen molar-refractivity contribution in [2.75, 3.05) is 0 Å². The van der Waals surface area contributed by atoms with E-state index in [1.807, 2.05) is 0 Å². The van der Waals surface area contributed by atoms with Crippen LogP contribution in [0, 0.1) is 0 Å². The number of benzene rings is 3. The van der Waals surface area contributed by atoms with Crippen LogP contribution in [0.3, 0.4) is 0 Å². The summed E-state index contributed by atoms with van der Waals surface area (Å²) < 4.78 is 136. The van der Waals surface area contributed by atoms with Gasteiger partial charge in [-0.3, -0.25) is 4.11 Å². The quantitative estimate of drug-likeness (QED) is 0.195. The first-order chi connectivity index (χ1) is 14.6. The molecule has 0 radical (unpaired) electrons. The minimum absolute atomic E-state index is 0.423. The van der Waals surface area contributed by atoms with Gasteiger partial charge in [0.05, 0.1) is 16.7 Å². The van der Waals surface area contributed by atoms with E-state index in [4.69, 9.17) is 0 Å². The van der Waals surface area contributed by atoms with Gasteiger partial charge in [0, 0.05) is 0 Å². The molecule has 0 aliphatic carbocycles. The highest BCUT2D eigenvalue weighted by molar-refractivity contribution is 7.06. The lowest BCUT2D eigenvalue weighted by atomic mass is 10.2. The third-order valence-electron chi connectivity index (χ3n) is 4.76. The molecule has 11 heteroatoms. The molecule has 0 nitrogen and oxygen atoms in total. The molecular weight excluding hydrogens is 470 g/mol. The monoisotopic (exact) mass is 482 g/mol. The van der Waals surface area contributed by atoms with Crippen molar-refractivity contribution in [3.05, 3.63) is 89.5 Å². The van der Waals surface area contributed by atoms with E-state index in [9.17, 15) is 39.5 Å². The van der Waals surface area contributed by atoms with Crippen molar-refractivity contribution in [1.29, 1.82) is 0 Å². The SMILES string of the molecule is FC(F)(F)c1cccc([Si](F)(c2cccc(C(F)(F)F)c2)c2cccc(C(F)(F)F)c2)c1. The fraction of sp³-hybridized carbons (Fsp3) is 0.143. The normalized spacial score (nSPS) is 13.3. The van der Waals surface area contributed by atoms with Crippen molar-refractivity contribution < 1.29 is 43.6 Å². The van der Waals surface area contributed by atoms with Gasteiger partial charge in [0.15, 0.2) is 0 Å². The van der Waals surface area contributed by atoms with E-state index in [0.717, 1.165) is 36.4 Å². The van der Waals surface area contributed by atoms with Gasteiger partial charge in [-0.15, -0.1) is 0 Å². The summed E-state index contributed by atoms with van der Waals surface area (Å²) in [6.07, 6.45) is -14.7. The molecule has 3 rings (SSSR count). The highest BCUT2D eigenvalue weighted by Crippen LogP contribution is 2.32. The van der Waals surface area contributed by atoms with Gasteiger partial charge in [0.2, 0.25) is 0 Å². The minimum atomic E-state index is -5.21. The van der Waals surface area contributed by atoms with Crippen molar-refractivity contribution in [1.82, 2.24) is 0 Å². The van der Waals surface area contributed by atoms with Gasteiger partial charge in [-0.2, -0.15) is 39.5 Å². The zero-order chi connectivity index (χ0) is 23.9. The van der Waals surface area contributed by atoms with Gasteiger partial charge < -0.3 is 0 Å². The molecule has 0 heterocycles. The Bertz CT molecular complexity index is 973. The summed E-state index contributed by atoms with van der Waals surface area (Å²) >= 11 is 0. The Hall–Kier alpha value is -2.82. The Kier molecular flexibility index (Phi) is 5.92. The molecule has 0 saturated carbocycles. The van der Waals surface area contributed by atoms with E-state index < -0.39 is 59.2 Å². The lowest BCUT2D eigenvalue weighted by molar-refractivity contribution is -0.138. The standard InChI is InChI=1S/C21H12F10Si/c22-19(23,24)13-4-1-7-16(10-13)32(31,17-8-2-5-14(11-17)20(25,26)27)18-9-3-6-15(12-18)21(28,29)30/h1-12H. The smallest absolute Gasteiger partial charge is 0.296 e. The van der Waals surface area contributed by atoms with E-state index in [1.165, 1.54) is 0 Å². The van der Waals surface area contributed by atoms with Crippen molar-refractivity contribution in [2.24, 2.45) is 0 Å². The van der Waals surface area contributed by atoms with Crippen LogP contribution < -0.4 is 15.6 Å². The molecule has 0 saturated heterocycles. The Balaban J connectivity index is 2.33. The summed E-state index contributed by atoms with van der Waals surface area (Å²) in [4.78, 5) is 0. The average molecular weight is 482 g/mol. The molecule has 32 heavy (non-hydrogen) atoms. The summed E-state index contributed by atoms with van der Waals surface area (Å²) in [5.74, 6) is 0. The molecule has 0 aliphatic rings. The predicted molar refractivity (Wildman–Crippen MR) is 100 cm³/mol. The van der Waals surface area contributed by atoms with Crippen LogP contribution in [0.4, 0.5) is 43.6 Å². The van der Waals surface area contributed by atoms with Gasteiger partial charge in [-0.25, -0.2) is 0 Å². The van der Waals surface area contributed by atoms with Crippen molar-refractivity contribution in [2.45, 2.75) is 18.5 Å². The summed E-state index contributed by atoms with van der Waals surface area (Å²) in [5, 5.41) is -1.90. The van der Waals surface area contributed by atoms with Crippen molar-refractivity contribution in [3.8, 4) is 0 Å². The molecule has 3 aromatic carbocycles. The molecule has 0 aromatic heterocycles. The van der Waals surface area contributed by atoms with Crippen LogP contribution in [0.25, 0.3) is 0 Å². The van der Waals surface area contributed by atoms with Crippen LogP contribution in [-0.2, 0) is 18.5 Å². The van der Waals surface area contributed by atoms with Crippen LogP contribution in [0.5, 0.6) is 0 Å². The molecule has 170 valence electrons. The molecule has 0 N–H and O–H groups in total. The lowest BCUT2D eigenvalue weighted by Crippen LogP contribution is -2.64. The Labute approximate surface area is 176 Å². The molecule has 0 amide bonds. The van der Waals surface area contributed by atoms with Gasteiger partial charge in [-0.1, -0.05) is 54.6 Å². The zero-order valence-electron chi connectivity index (χ0n) is 15.7. The highest BCUT2D eigenvalue weighted by Gasteiger charge is 2.45. The summed E-state index contributed by atoms with van der Waals surface area (Å²) in [7, 11) is -5.21. The van der Waals surface area contributed by atoms with Gasteiger partial charge >= 0.3 is 26.9 Å². The second-order valence-electron chi connectivity index (χ2n) is 6.89. The fourth-order valence-corrected chi connectivity index (χ4v) is 6.27. The third kappa shape index (κ3) is 4.67. The number of hydrogen-bond donors (Lipinski definition) is 0. The molecule has 0 atom stereocenters. The van der Waals surface area contributed by atoms with Crippen molar-refractivity contribution >= 4 is 24.0 Å². The molecule has 3 aromatic rings. The van der Waals surface area contributed by atoms with Crippen LogP contribution in [0.1, 0.15) is 16.7 Å². The summed E-state index contributed by atoms with van der Waals surface area (Å²) in [6.45, 7) is 0. The number of alkyl halides is 9. The fourth-order valence-electron chi connectivity index (χ4n) is 3.23. The minimum Gasteiger partial charge on any atom is -0.296 e. The van der Waals surface area contributed by atoms with E-state index in [2.05, 4.69) is 0 Å². The van der Waals surface area contributed by atoms with E-state index in [-0.39, 0.29) is 0 Å².